The van der Waals surface area contributed by atoms with Crippen molar-refractivity contribution in [1.29, 1.82) is 0 Å². The van der Waals surface area contributed by atoms with Gasteiger partial charge in [-0.3, -0.25) is 0 Å². The smallest absolute Gasteiger partial charge is 0.0555 e. The summed E-state index contributed by atoms with van der Waals surface area (Å²) in [5.74, 6) is 0. The van der Waals surface area contributed by atoms with E-state index in [0.717, 1.165) is 11.4 Å². The zero-order valence-corrected chi connectivity index (χ0v) is 28.1. The molecule has 10 rings (SSSR count). The molecule has 2 heteroatoms. The highest BCUT2D eigenvalue weighted by molar-refractivity contribution is 7.26. The molecular formula is C48H31NS. The molecule has 0 aliphatic rings. The number of hydrogen-bond acceptors (Lipinski definition) is 2. The molecule has 0 spiro atoms. The standard InChI is InChI=1S/C48H31NS/c1-2-15-33-30-35(29-28-32(33)14-1)37-18-7-10-23-43(37)49(45-25-13-27-47-48(45)41-22-9-12-26-46(41)50-47)44-24-11-8-21-40(44)42-31-34-16-3-4-17-36(34)38-19-5-6-20-39(38)42/h1-31H. The topological polar surface area (TPSA) is 3.24 Å². The van der Waals surface area contributed by atoms with E-state index in [1.165, 1.54) is 80.4 Å². The van der Waals surface area contributed by atoms with Gasteiger partial charge in [-0.1, -0.05) is 146 Å². The van der Waals surface area contributed by atoms with Gasteiger partial charge >= 0.3 is 0 Å². The number of rotatable bonds is 5. The Kier molecular flexibility index (Phi) is 6.75. The van der Waals surface area contributed by atoms with Crippen molar-refractivity contribution in [1.82, 2.24) is 0 Å². The van der Waals surface area contributed by atoms with Crippen molar-refractivity contribution in [3.8, 4) is 22.3 Å². The zero-order valence-electron chi connectivity index (χ0n) is 27.3. The fraction of sp³-hybridized carbons (Fsp3) is 0. The molecule has 0 aliphatic heterocycles. The minimum absolute atomic E-state index is 1.14. The van der Waals surface area contributed by atoms with E-state index in [1.807, 2.05) is 11.3 Å². The first kappa shape index (κ1) is 28.8. The Hall–Kier alpha value is -6.22. The maximum atomic E-state index is 2.52. The van der Waals surface area contributed by atoms with Gasteiger partial charge in [0.25, 0.3) is 0 Å². The lowest BCUT2D eigenvalue weighted by Crippen LogP contribution is -2.13. The average molecular weight is 654 g/mol. The van der Waals surface area contributed by atoms with Crippen molar-refractivity contribution in [2.24, 2.45) is 0 Å². The predicted octanol–water partition coefficient (Wildman–Crippen LogP) is 14.3. The molecule has 0 amide bonds. The van der Waals surface area contributed by atoms with Crippen LogP contribution in [0, 0.1) is 0 Å². The van der Waals surface area contributed by atoms with Crippen LogP contribution in [-0.2, 0) is 0 Å². The Balaban J connectivity index is 1.31. The van der Waals surface area contributed by atoms with Crippen LogP contribution in [0.4, 0.5) is 17.1 Å². The van der Waals surface area contributed by atoms with Crippen LogP contribution in [0.1, 0.15) is 0 Å². The second-order valence-corrected chi connectivity index (χ2v) is 14.0. The first-order valence-electron chi connectivity index (χ1n) is 17.1. The van der Waals surface area contributed by atoms with Gasteiger partial charge in [0, 0.05) is 31.3 Å². The Bertz CT molecular complexity index is 2900. The van der Waals surface area contributed by atoms with Gasteiger partial charge in [-0.05, 0) is 85.9 Å². The fourth-order valence-corrected chi connectivity index (χ4v) is 8.90. The largest absolute Gasteiger partial charge is 0.309 e. The lowest BCUT2D eigenvalue weighted by atomic mass is 9.91. The molecule has 0 saturated heterocycles. The third kappa shape index (κ3) is 4.61. The highest BCUT2D eigenvalue weighted by Crippen LogP contribution is 2.50. The van der Waals surface area contributed by atoms with Gasteiger partial charge < -0.3 is 4.90 Å². The average Bonchev–Trinajstić information content (AvgIpc) is 3.57. The molecule has 10 aromatic rings. The highest BCUT2D eigenvalue weighted by Gasteiger charge is 2.24. The summed E-state index contributed by atoms with van der Waals surface area (Å²) >= 11 is 1.86. The van der Waals surface area contributed by atoms with Gasteiger partial charge in [-0.15, -0.1) is 11.3 Å². The molecule has 1 nitrogen and oxygen atoms in total. The van der Waals surface area contributed by atoms with Crippen LogP contribution < -0.4 is 4.90 Å². The van der Waals surface area contributed by atoms with Gasteiger partial charge in [0.1, 0.15) is 0 Å². The number of hydrogen-bond donors (Lipinski definition) is 0. The minimum Gasteiger partial charge on any atom is -0.309 e. The quantitative estimate of drug-likeness (QED) is 0.167. The van der Waals surface area contributed by atoms with Gasteiger partial charge in [0.15, 0.2) is 0 Å². The van der Waals surface area contributed by atoms with Crippen molar-refractivity contribution >= 4 is 80.9 Å². The second kappa shape index (κ2) is 11.7. The molecule has 0 radical (unpaired) electrons. The second-order valence-electron chi connectivity index (χ2n) is 12.9. The van der Waals surface area contributed by atoms with Gasteiger partial charge in [0.2, 0.25) is 0 Å². The SMILES string of the molecule is c1ccc(N(c2ccccc2-c2cc3ccccc3c3ccccc23)c2cccc3sc4ccccc4c23)c(-c2ccc3ccccc3c2)c1. The summed E-state index contributed by atoms with van der Waals surface area (Å²) in [7, 11) is 0. The molecule has 1 aromatic heterocycles. The summed E-state index contributed by atoms with van der Waals surface area (Å²) in [6.07, 6.45) is 0. The van der Waals surface area contributed by atoms with E-state index in [9.17, 15) is 0 Å². The normalized spacial score (nSPS) is 11.6. The molecule has 0 unspecified atom stereocenters. The molecule has 234 valence electrons. The Morgan fingerprint density at radius 1 is 0.320 bits per heavy atom. The van der Waals surface area contributed by atoms with Crippen LogP contribution in [0.5, 0.6) is 0 Å². The van der Waals surface area contributed by atoms with E-state index < -0.39 is 0 Å². The molecule has 0 N–H and O–H groups in total. The van der Waals surface area contributed by atoms with Crippen molar-refractivity contribution in [2.45, 2.75) is 0 Å². The van der Waals surface area contributed by atoms with Crippen molar-refractivity contribution in [2.75, 3.05) is 4.90 Å². The Morgan fingerprint density at radius 2 is 0.900 bits per heavy atom. The minimum atomic E-state index is 1.14. The molecule has 1 heterocycles. The van der Waals surface area contributed by atoms with E-state index >= 15 is 0 Å². The summed E-state index contributed by atoms with van der Waals surface area (Å²) in [6.45, 7) is 0. The van der Waals surface area contributed by atoms with E-state index in [-0.39, 0.29) is 0 Å². The molecule has 0 saturated carbocycles. The zero-order chi connectivity index (χ0) is 33.0. The number of fused-ring (bicyclic) bond motifs is 7. The maximum Gasteiger partial charge on any atom is 0.0555 e. The number of anilines is 3. The molecule has 0 bridgehead atoms. The van der Waals surface area contributed by atoms with Crippen LogP contribution in [0.2, 0.25) is 0 Å². The summed E-state index contributed by atoms with van der Waals surface area (Å²) < 4.78 is 2.58. The number of nitrogens with zero attached hydrogens (tertiary/aromatic N) is 1. The van der Waals surface area contributed by atoms with Crippen molar-refractivity contribution in [3.63, 3.8) is 0 Å². The Morgan fingerprint density at radius 3 is 1.74 bits per heavy atom. The van der Waals surface area contributed by atoms with Gasteiger partial charge in [0.05, 0.1) is 17.1 Å². The molecule has 0 fully saturated rings. The predicted molar refractivity (Wildman–Crippen MR) is 217 cm³/mol. The molecule has 0 atom stereocenters. The van der Waals surface area contributed by atoms with Crippen LogP contribution >= 0.6 is 11.3 Å². The monoisotopic (exact) mass is 653 g/mol. The summed E-state index contributed by atoms with van der Waals surface area (Å²) in [4.78, 5) is 2.52. The van der Waals surface area contributed by atoms with Crippen LogP contribution in [-0.4, -0.2) is 0 Å². The first-order chi connectivity index (χ1) is 24.8. The molecule has 9 aromatic carbocycles. The number of para-hydroxylation sites is 2. The number of thiophene rings is 1. The van der Waals surface area contributed by atoms with Crippen molar-refractivity contribution < 1.29 is 0 Å². The maximum absolute atomic E-state index is 2.52. The molecular weight excluding hydrogens is 623 g/mol. The first-order valence-corrected chi connectivity index (χ1v) is 17.9. The highest BCUT2D eigenvalue weighted by atomic mass is 32.1. The Labute approximate surface area is 294 Å². The van der Waals surface area contributed by atoms with E-state index in [4.69, 9.17) is 0 Å². The summed E-state index contributed by atoms with van der Waals surface area (Å²) in [5.41, 5.74) is 8.26. The van der Waals surface area contributed by atoms with Crippen molar-refractivity contribution in [3.05, 3.63) is 188 Å². The van der Waals surface area contributed by atoms with E-state index in [2.05, 4.69) is 193 Å². The molecule has 50 heavy (non-hydrogen) atoms. The van der Waals surface area contributed by atoms with E-state index in [1.54, 1.807) is 0 Å². The third-order valence-corrected chi connectivity index (χ3v) is 11.2. The van der Waals surface area contributed by atoms with Crippen LogP contribution in [0.3, 0.4) is 0 Å². The van der Waals surface area contributed by atoms with Crippen LogP contribution in [0.15, 0.2) is 188 Å². The van der Waals surface area contributed by atoms with Crippen LogP contribution in [0.25, 0.3) is 74.7 Å². The lowest BCUT2D eigenvalue weighted by Gasteiger charge is -2.31. The van der Waals surface area contributed by atoms with Gasteiger partial charge in [-0.25, -0.2) is 0 Å². The number of benzene rings is 9. The summed E-state index contributed by atoms with van der Waals surface area (Å²) in [5, 5.41) is 10.1. The fourth-order valence-electron chi connectivity index (χ4n) is 7.77. The summed E-state index contributed by atoms with van der Waals surface area (Å²) in [6, 6.07) is 68.9. The lowest BCUT2D eigenvalue weighted by molar-refractivity contribution is 1.30. The van der Waals surface area contributed by atoms with E-state index in [0.29, 0.717) is 0 Å². The molecule has 0 aliphatic carbocycles. The third-order valence-electron chi connectivity index (χ3n) is 10.0. The van der Waals surface area contributed by atoms with Gasteiger partial charge in [-0.2, -0.15) is 0 Å².